The average Bonchev–Trinajstić information content (AvgIpc) is 2.21. The maximum atomic E-state index is 10.6. The van der Waals surface area contributed by atoms with E-state index in [1.54, 1.807) is 13.2 Å². The lowest BCUT2D eigenvalue weighted by Crippen LogP contribution is -1.94. The largest absolute Gasteiger partial charge is 0.497 e. The van der Waals surface area contributed by atoms with Gasteiger partial charge in [-0.1, -0.05) is 6.07 Å². The molecule has 3 nitrogen and oxygen atoms in total. The fourth-order valence-electron chi connectivity index (χ4n) is 1.11. The molecule has 0 saturated carbocycles. The molecule has 0 atom stereocenters. The van der Waals surface area contributed by atoms with E-state index in [1.165, 1.54) is 6.08 Å². The van der Waals surface area contributed by atoms with Gasteiger partial charge in [0, 0.05) is 0 Å². The molecule has 0 aliphatic rings. The molecule has 0 aliphatic carbocycles. The first kappa shape index (κ1) is 11.7. The van der Waals surface area contributed by atoms with E-state index < -0.39 is 5.97 Å². The highest BCUT2D eigenvalue weighted by Crippen LogP contribution is 2.20. The number of carboxylic acid groups (broad SMARTS) is 1. The molecule has 1 rings (SSSR count). The van der Waals surface area contributed by atoms with Gasteiger partial charge in [-0.05, 0) is 36.3 Å². The van der Waals surface area contributed by atoms with Crippen molar-refractivity contribution in [2.24, 2.45) is 0 Å². The van der Waals surface area contributed by atoms with Crippen molar-refractivity contribution in [3.63, 3.8) is 0 Å². The molecule has 0 aromatic heterocycles. The van der Waals surface area contributed by atoms with Crippen LogP contribution >= 0.6 is 12.6 Å². The minimum absolute atomic E-state index is 0.00588. The molecule has 0 spiro atoms. The third kappa shape index (κ3) is 3.02. The monoisotopic (exact) mass is 224 g/mol. The SMILES string of the molecule is COc1ccc(C)c(/C=C(/S)C(=O)O)c1. The summed E-state index contributed by atoms with van der Waals surface area (Å²) in [7, 11) is 1.57. The Hall–Kier alpha value is -1.42. The van der Waals surface area contributed by atoms with Crippen LogP contribution in [0.3, 0.4) is 0 Å². The molecule has 4 heteroatoms. The van der Waals surface area contributed by atoms with Crippen molar-refractivity contribution in [2.45, 2.75) is 6.92 Å². The average molecular weight is 224 g/mol. The van der Waals surface area contributed by atoms with Crippen LogP contribution in [0.5, 0.6) is 5.75 Å². The van der Waals surface area contributed by atoms with E-state index in [0.29, 0.717) is 5.75 Å². The van der Waals surface area contributed by atoms with Crippen molar-refractivity contribution in [3.05, 3.63) is 34.2 Å². The quantitative estimate of drug-likeness (QED) is 0.612. The van der Waals surface area contributed by atoms with Gasteiger partial charge in [0.05, 0.1) is 12.0 Å². The Kier molecular flexibility index (Phi) is 3.80. The molecule has 0 radical (unpaired) electrons. The summed E-state index contributed by atoms with van der Waals surface area (Å²) in [6.07, 6.45) is 1.50. The maximum Gasteiger partial charge on any atom is 0.341 e. The smallest absolute Gasteiger partial charge is 0.341 e. The normalized spacial score (nSPS) is 11.3. The zero-order valence-electron chi connectivity index (χ0n) is 8.52. The Morgan fingerprint density at radius 3 is 2.73 bits per heavy atom. The predicted octanol–water partition coefficient (Wildman–Crippen LogP) is 2.36. The summed E-state index contributed by atoms with van der Waals surface area (Å²) >= 11 is 3.87. The number of thiol groups is 1. The molecule has 0 fully saturated rings. The highest BCUT2D eigenvalue weighted by atomic mass is 32.1. The van der Waals surface area contributed by atoms with E-state index >= 15 is 0 Å². The fraction of sp³-hybridized carbons (Fsp3) is 0.182. The summed E-state index contributed by atoms with van der Waals surface area (Å²) in [5.41, 5.74) is 1.77. The van der Waals surface area contributed by atoms with Crippen LogP contribution in [0.15, 0.2) is 23.1 Å². The number of benzene rings is 1. The lowest BCUT2D eigenvalue weighted by atomic mass is 10.1. The zero-order valence-corrected chi connectivity index (χ0v) is 9.41. The van der Waals surface area contributed by atoms with Gasteiger partial charge in [-0.2, -0.15) is 0 Å². The number of aryl methyl sites for hydroxylation is 1. The molecule has 0 bridgehead atoms. The first-order valence-electron chi connectivity index (χ1n) is 4.33. The number of carbonyl (C=O) groups is 1. The summed E-state index contributed by atoms with van der Waals surface area (Å²) < 4.78 is 5.05. The number of carboxylic acids is 1. The summed E-state index contributed by atoms with van der Waals surface area (Å²) in [5, 5.41) is 8.68. The Morgan fingerprint density at radius 2 is 2.20 bits per heavy atom. The van der Waals surface area contributed by atoms with Crippen LogP contribution in [0, 0.1) is 6.92 Å². The van der Waals surface area contributed by atoms with Gasteiger partial charge in [0.15, 0.2) is 0 Å². The van der Waals surface area contributed by atoms with E-state index in [-0.39, 0.29) is 4.91 Å². The summed E-state index contributed by atoms with van der Waals surface area (Å²) in [5.74, 6) is -0.348. The highest BCUT2D eigenvalue weighted by Gasteiger charge is 2.03. The number of ether oxygens (including phenoxy) is 1. The van der Waals surface area contributed by atoms with Crippen LogP contribution in [-0.4, -0.2) is 18.2 Å². The second-order valence-electron chi connectivity index (χ2n) is 3.06. The van der Waals surface area contributed by atoms with Gasteiger partial charge >= 0.3 is 5.97 Å². The van der Waals surface area contributed by atoms with Gasteiger partial charge in [0.1, 0.15) is 5.75 Å². The summed E-state index contributed by atoms with van der Waals surface area (Å²) in [6.45, 7) is 1.90. The topological polar surface area (TPSA) is 46.5 Å². The molecule has 1 aromatic rings. The molecular formula is C11H12O3S. The summed E-state index contributed by atoms with van der Waals surface area (Å²) in [6, 6.07) is 5.47. The Balaban J connectivity index is 3.13. The third-order valence-corrected chi connectivity index (χ3v) is 2.32. The minimum atomic E-state index is -1.04. The molecule has 1 N–H and O–H groups in total. The van der Waals surface area contributed by atoms with Crippen LogP contribution in [0.2, 0.25) is 0 Å². The van der Waals surface area contributed by atoms with Crippen molar-refractivity contribution >= 4 is 24.7 Å². The first-order valence-corrected chi connectivity index (χ1v) is 4.78. The van der Waals surface area contributed by atoms with Crippen molar-refractivity contribution < 1.29 is 14.6 Å². The van der Waals surface area contributed by atoms with E-state index in [1.807, 2.05) is 19.1 Å². The van der Waals surface area contributed by atoms with Crippen LogP contribution in [0.4, 0.5) is 0 Å². The fourth-order valence-corrected chi connectivity index (χ4v) is 1.25. The van der Waals surface area contributed by atoms with E-state index in [4.69, 9.17) is 9.84 Å². The lowest BCUT2D eigenvalue weighted by molar-refractivity contribution is -0.131. The molecule has 80 valence electrons. The minimum Gasteiger partial charge on any atom is -0.497 e. The number of hydrogen-bond donors (Lipinski definition) is 2. The zero-order chi connectivity index (χ0) is 11.4. The number of aliphatic carboxylic acids is 1. The van der Waals surface area contributed by atoms with Crippen molar-refractivity contribution in [1.29, 1.82) is 0 Å². The Morgan fingerprint density at radius 1 is 1.53 bits per heavy atom. The van der Waals surface area contributed by atoms with Crippen molar-refractivity contribution in [2.75, 3.05) is 7.11 Å². The molecule has 0 heterocycles. The Labute approximate surface area is 93.8 Å². The maximum absolute atomic E-state index is 10.6. The number of hydrogen-bond acceptors (Lipinski definition) is 3. The van der Waals surface area contributed by atoms with Gasteiger partial charge in [0.25, 0.3) is 0 Å². The molecular weight excluding hydrogens is 212 g/mol. The second-order valence-corrected chi connectivity index (χ2v) is 3.54. The number of rotatable bonds is 3. The molecule has 15 heavy (non-hydrogen) atoms. The molecule has 1 aromatic carbocycles. The van der Waals surface area contributed by atoms with Gasteiger partial charge < -0.3 is 9.84 Å². The van der Waals surface area contributed by atoms with Crippen LogP contribution in [0.25, 0.3) is 6.08 Å². The van der Waals surface area contributed by atoms with Crippen molar-refractivity contribution in [3.8, 4) is 5.75 Å². The van der Waals surface area contributed by atoms with Gasteiger partial charge in [0.2, 0.25) is 0 Å². The second kappa shape index (κ2) is 4.89. The van der Waals surface area contributed by atoms with Crippen LogP contribution < -0.4 is 4.74 Å². The Bertz CT molecular complexity index is 410. The van der Waals surface area contributed by atoms with E-state index in [2.05, 4.69) is 12.6 Å². The van der Waals surface area contributed by atoms with E-state index in [0.717, 1.165) is 11.1 Å². The molecule has 0 amide bonds. The summed E-state index contributed by atoms with van der Waals surface area (Å²) in [4.78, 5) is 10.6. The first-order chi connectivity index (χ1) is 7.04. The standard InChI is InChI=1S/C11H12O3S/c1-7-3-4-9(14-2)5-8(7)6-10(15)11(12)13/h3-6,15H,1-2H3,(H,12,13)/b10-6+. The van der Waals surface area contributed by atoms with Crippen LogP contribution in [0.1, 0.15) is 11.1 Å². The third-order valence-electron chi connectivity index (χ3n) is 2.00. The highest BCUT2D eigenvalue weighted by molar-refractivity contribution is 7.85. The van der Waals surface area contributed by atoms with Crippen LogP contribution in [-0.2, 0) is 4.79 Å². The lowest BCUT2D eigenvalue weighted by Gasteiger charge is -2.04. The van der Waals surface area contributed by atoms with Gasteiger partial charge in [-0.3, -0.25) is 0 Å². The predicted molar refractivity (Wildman–Crippen MR) is 62.3 cm³/mol. The van der Waals surface area contributed by atoms with Crippen molar-refractivity contribution in [1.82, 2.24) is 0 Å². The van der Waals surface area contributed by atoms with Gasteiger partial charge in [-0.25, -0.2) is 4.79 Å². The van der Waals surface area contributed by atoms with E-state index in [9.17, 15) is 4.79 Å². The molecule has 0 unspecified atom stereocenters. The number of methoxy groups -OCH3 is 1. The molecule has 0 aliphatic heterocycles. The van der Waals surface area contributed by atoms with Gasteiger partial charge in [-0.15, -0.1) is 12.6 Å². The molecule has 0 saturated heterocycles.